The third kappa shape index (κ3) is 3.29. The van der Waals surface area contributed by atoms with Crippen LogP contribution in [0.4, 0.5) is 5.69 Å². The minimum Gasteiger partial charge on any atom is -0.318 e. The van der Waals surface area contributed by atoms with Gasteiger partial charge in [-0.25, -0.2) is 4.98 Å². The molecule has 0 saturated carbocycles. The highest BCUT2D eigenvalue weighted by molar-refractivity contribution is 9.10. The van der Waals surface area contributed by atoms with Gasteiger partial charge in [0.15, 0.2) is 5.15 Å². The number of amides is 1. The minimum absolute atomic E-state index is 0.135. The van der Waals surface area contributed by atoms with Gasteiger partial charge in [-0.15, -0.1) is 5.10 Å². The second kappa shape index (κ2) is 5.94. The topological polar surface area (TPSA) is 67.8 Å². The van der Waals surface area contributed by atoms with Crippen LogP contribution in [0.15, 0.2) is 16.7 Å². The molecule has 100 valence electrons. The zero-order valence-electron chi connectivity index (χ0n) is 10.1. The van der Waals surface area contributed by atoms with Crippen molar-refractivity contribution in [3.63, 3.8) is 0 Å². The summed E-state index contributed by atoms with van der Waals surface area (Å²) in [4.78, 5) is 16.6. The van der Waals surface area contributed by atoms with Gasteiger partial charge < -0.3 is 5.32 Å². The van der Waals surface area contributed by atoms with E-state index in [0.717, 1.165) is 16.0 Å². The first-order valence-electron chi connectivity index (χ1n) is 5.43. The van der Waals surface area contributed by atoms with Gasteiger partial charge in [-0.1, -0.05) is 29.9 Å². The van der Waals surface area contributed by atoms with Crippen LogP contribution in [-0.2, 0) is 0 Å². The average molecular weight is 362 g/mol. The van der Waals surface area contributed by atoms with E-state index in [0.29, 0.717) is 16.3 Å². The lowest BCUT2D eigenvalue weighted by atomic mass is 10.1. The number of rotatable bonds is 3. The van der Waals surface area contributed by atoms with E-state index >= 15 is 0 Å². The summed E-state index contributed by atoms with van der Waals surface area (Å²) in [7, 11) is 0. The van der Waals surface area contributed by atoms with Crippen LogP contribution in [0.3, 0.4) is 0 Å². The Morgan fingerprint density at radius 2 is 2.26 bits per heavy atom. The van der Waals surface area contributed by atoms with E-state index in [9.17, 15) is 4.79 Å². The highest BCUT2D eigenvalue weighted by Gasteiger charge is 2.19. The molecule has 1 amide bonds. The van der Waals surface area contributed by atoms with Gasteiger partial charge >= 0.3 is 0 Å². The largest absolute Gasteiger partial charge is 0.318 e. The molecule has 2 aromatic heterocycles. The zero-order valence-corrected chi connectivity index (χ0v) is 13.3. The van der Waals surface area contributed by atoms with Crippen molar-refractivity contribution in [2.45, 2.75) is 19.8 Å². The summed E-state index contributed by atoms with van der Waals surface area (Å²) < 4.78 is 4.55. The van der Waals surface area contributed by atoms with Crippen LogP contribution in [0, 0.1) is 0 Å². The van der Waals surface area contributed by atoms with Gasteiger partial charge in [-0.05, 0) is 39.4 Å². The maximum Gasteiger partial charge on any atom is 0.269 e. The highest BCUT2D eigenvalue weighted by atomic mass is 79.9. The maximum absolute atomic E-state index is 12.2. The molecule has 0 bridgehead atoms. The van der Waals surface area contributed by atoms with E-state index in [1.165, 1.54) is 0 Å². The molecule has 2 heterocycles. The van der Waals surface area contributed by atoms with E-state index < -0.39 is 0 Å². The van der Waals surface area contributed by atoms with Crippen molar-refractivity contribution in [3.05, 3.63) is 32.5 Å². The van der Waals surface area contributed by atoms with E-state index in [2.05, 4.69) is 35.8 Å². The molecule has 8 heteroatoms. The number of hydrogen-bond acceptors (Lipinski definition) is 5. The van der Waals surface area contributed by atoms with Crippen LogP contribution >= 0.6 is 39.1 Å². The fraction of sp³-hybridized carbons (Fsp3) is 0.273. The van der Waals surface area contributed by atoms with Gasteiger partial charge in [0.25, 0.3) is 5.91 Å². The number of nitrogens with one attached hydrogen (secondary N) is 1. The van der Waals surface area contributed by atoms with E-state index in [1.54, 1.807) is 12.3 Å². The maximum atomic E-state index is 12.2. The van der Waals surface area contributed by atoms with Crippen molar-refractivity contribution in [1.82, 2.24) is 14.6 Å². The summed E-state index contributed by atoms with van der Waals surface area (Å²) in [6, 6.07) is 1.69. The number of anilines is 1. The van der Waals surface area contributed by atoms with Crippen molar-refractivity contribution >= 4 is 50.7 Å². The van der Waals surface area contributed by atoms with Gasteiger partial charge in [0.1, 0.15) is 4.88 Å². The lowest BCUT2D eigenvalue weighted by Crippen LogP contribution is -2.13. The molecule has 0 unspecified atom stereocenters. The molecule has 2 rings (SSSR count). The Morgan fingerprint density at radius 1 is 1.53 bits per heavy atom. The van der Waals surface area contributed by atoms with Gasteiger partial charge in [0.2, 0.25) is 0 Å². The van der Waals surface area contributed by atoms with Crippen LogP contribution in [0.1, 0.15) is 35.1 Å². The Hall–Kier alpha value is -1.05. The standard InChI is InChI=1S/C11H10BrClN4OS/c1-5(2)8-9(19-17-16-8)11(18)15-7-3-6(12)4-14-10(7)13/h3-5H,1-2H3,(H,15,18). The van der Waals surface area contributed by atoms with E-state index in [-0.39, 0.29) is 17.0 Å². The summed E-state index contributed by atoms with van der Waals surface area (Å²) >= 11 is 10.3. The molecular formula is C11H10BrClN4OS. The third-order valence-electron chi connectivity index (χ3n) is 2.32. The number of nitrogens with zero attached hydrogens (tertiary/aromatic N) is 3. The van der Waals surface area contributed by atoms with Crippen molar-refractivity contribution in [2.75, 3.05) is 5.32 Å². The first kappa shape index (κ1) is 14.4. The smallest absolute Gasteiger partial charge is 0.269 e. The second-order valence-electron chi connectivity index (χ2n) is 4.09. The number of aromatic nitrogens is 3. The average Bonchev–Trinajstić information content (AvgIpc) is 2.83. The number of pyridine rings is 1. The quantitative estimate of drug-likeness (QED) is 0.846. The summed E-state index contributed by atoms with van der Waals surface area (Å²) in [5, 5.41) is 6.92. The number of hydrogen-bond donors (Lipinski definition) is 1. The third-order valence-corrected chi connectivity index (χ3v) is 3.80. The van der Waals surface area contributed by atoms with Crippen molar-refractivity contribution in [3.8, 4) is 0 Å². The normalized spacial score (nSPS) is 10.8. The molecule has 0 atom stereocenters. The van der Waals surface area contributed by atoms with Crippen molar-refractivity contribution in [1.29, 1.82) is 0 Å². The van der Waals surface area contributed by atoms with Crippen LogP contribution in [-0.4, -0.2) is 20.5 Å². The lowest BCUT2D eigenvalue weighted by Gasteiger charge is -2.07. The predicted molar refractivity (Wildman–Crippen MR) is 78.9 cm³/mol. The van der Waals surface area contributed by atoms with E-state index in [1.807, 2.05) is 13.8 Å². The molecule has 0 spiro atoms. The summed E-state index contributed by atoms with van der Waals surface area (Å²) in [5.41, 5.74) is 1.13. The monoisotopic (exact) mass is 360 g/mol. The van der Waals surface area contributed by atoms with Crippen LogP contribution in [0.25, 0.3) is 0 Å². The van der Waals surface area contributed by atoms with Crippen LogP contribution in [0.5, 0.6) is 0 Å². The second-order valence-corrected chi connectivity index (χ2v) is 6.12. The number of carbonyl (C=O) groups excluding carboxylic acids is 1. The van der Waals surface area contributed by atoms with Crippen molar-refractivity contribution < 1.29 is 4.79 Å². The molecule has 5 nitrogen and oxygen atoms in total. The van der Waals surface area contributed by atoms with Crippen LogP contribution in [0.2, 0.25) is 5.15 Å². The SMILES string of the molecule is CC(C)c1nnsc1C(=O)Nc1cc(Br)cnc1Cl. The molecule has 0 saturated heterocycles. The highest BCUT2D eigenvalue weighted by Crippen LogP contribution is 2.25. The van der Waals surface area contributed by atoms with Crippen molar-refractivity contribution in [2.24, 2.45) is 0 Å². The van der Waals surface area contributed by atoms with E-state index in [4.69, 9.17) is 11.6 Å². The first-order chi connectivity index (χ1) is 8.99. The van der Waals surface area contributed by atoms with Crippen LogP contribution < -0.4 is 5.32 Å². The fourth-order valence-electron chi connectivity index (χ4n) is 1.42. The Kier molecular flexibility index (Phi) is 4.49. The van der Waals surface area contributed by atoms with Gasteiger partial charge in [0.05, 0.1) is 11.4 Å². The number of halogens is 2. The van der Waals surface area contributed by atoms with Gasteiger partial charge in [0, 0.05) is 10.7 Å². The predicted octanol–water partition coefficient (Wildman–Crippen LogP) is 3.72. The van der Waals surface area contributed by atoms with Gasteiger partial charge in [-0.2, -0.15) is 0 Å². The Bertz CT molecular complexity index is 616. The molecule has 0 aliphatic carbocycles. The summed E-state index contributed by atoms with van der Waals surface area (Å²) in [5.74, 6) is -0.142. The number of carbonyl (C=O) groups is 1. The Balaban J connectivity index is 2.26. The lowest BCUT2D eigenvalue weighted by molar-refractivity contribution is 0.102. The molecule has 0 aromatic carbocycles. The Labute approximate surface area is 127 Å². The summed E-state index contributed by atoms with van der Waals surface area (Å²) in [6.07, 6.45) is 1.56. The molecule has 19 heavy (non-hydrogen) atoms. The molecule has 0 fully saturated rings. The molecule has 0 aliphatic rings. The fourth-order valence-corrected chi connectivity index (χ4v) is 2.62. The summed E-state index contributed by atoms with van der Waals surface area (Å²) in [6.45, 7) is 3.92. The molecule has 2 aromatic rings. The molecule has 1 N–H and O–H groups in total. The zero-order chi connectivity index (χ0) is 14.0. The molecular weight excluding hydrogens is 352 g/mol. The molecule has 0 radical (unpaired) electrons. The molecule has 0 aliphatic heterocycles. The van der Waals surface area contributed by atoms with Gasteiger partial charge in [-0.3, -0.25) is 4.79 Å². The Morgan fingerprint density at radius 3 is 2.95 bits per heavy atom. The first-order valence-corrected chi connectivity index (χ1v) is 7.38. The minimum atomic E-state index is -0.277.